The van der Waals surface area contributed by atoms with Gasteiger partial charge < -0.3 is 5.32 Å². The fourth-order valence-corrected chi connectivity index (χ4v) is 3.42. The molecule has 5 heteroatoms. The molecule has 2 aromatic heterocycles. The van der Waals surface area contributed by atoms with Crippen molar-refractivity contribution in [2.75, 3.05) is 11.9 Å². The first-order valence-electron chi connectivity index (χ1n) is 7.23. The highest BCUT2D eigenvalue weighted by molar-refractivity contribution is 7.99. The molecule has 0 unspecified atom stereocenters. The van der Waals surface area contributed by atoms with Gasteiger partial charge in [-0.25, -0.2) is 15.0 Å². The number of hydrogen-bond donors (Lipinski definition) is 1. The predicted molar refractivity (Wildman–Crippen MR) is 88.1 cm³/mol. The monoisotopic (exact) mass is 302 g/mol. The van der Waals surface area contributed by atoms with Gasteiger partial charge in [-0.1, -0.05) is 13.8 Å². The maximum atomic E-state index is 4.59. The Labute approximate surface area is 130 Å². The second-order valence-corrected chi connectivity index (χ2v) is 6.36. The van der Waals surface area contributed by atoms with Crippen molar-refractivity contribution in [2.45, 2.75) is 50.6 Å². The average Bonchev–Trinajstić information content (AvgIpc) is 2.37. The predicted octanol–water partition coefficient (Wildman–Crippen LogP) is 4.19. The minimum Gasteiger partial charge on any atom is -0.370 e. The smallest absolute Gasteiger partial charge is 0.133 e. The van der Waals surface area contributed by atoms with E-state index in [1.807, 2.05) is 6.92 Å². The van der Waals surface area contributed by atoms with Crippen LogP contribution in [-0.4, -0.2) is 21.5 Å². The van der Waals surface area contributed by atoms with Crippen molar-refractivity contribution in [1.82, 2.24) is 15.0 Å². The molecular formula is C16H22N4S. The lowest BCUT2D eigenvalue weighted by Crippen LogP contribution is -2.07. The number of aromatic nitrogens is 3. The molecule has 0 aromatic carbocycles. The fraction of sp³-hybridized carbons (Fsp3) is 0.438. The van der Waals surface area contributed by atoms with Crippen LogP contribution in [0.4, 0.5) is 5.82 Å². The van der Waals surface area contributed by atoms with E-state index in [1.54, 1.807) is 18.1 Å². The Morgan fingerprint density at radius 1 is 1.19 bits per heavy atom. The molecule has 0 aliphatic heterocycles. The Bertz CT molecular complexity index is 605. The molecule has 0 fully saturated rings. The average molecular weight is 302 g/mol. The van der Waals surface area contributed by atoms with Gasteiger partial charge in [-0.3, -0.25) is 0 Å². The summed E-state index contributed by atoms with van der Waals surface area (Å²) in [4.78, 5) is 13.4. The van der Waals surface area contributed by atoms with Crippen LogP contribution in [0.3, 0.4) is 0 Å². The Morgan fingerprint density at radius 3 is 2.57 bits per heavy atom. The Morgan fingerprint density at radius 2 is 1.95 bits per heavy atom. The summed E-state index contributed by atoms with van der Waals surface area (Å²) < 4.78 is 0. The van der Waals surface area contributed by atoms with Gasteiger partial charge in [0.1, 0.15) is 22.2 Å². The SMILES string of the molecule is CCNc1ncnc(Sc2cc(C)cc(C)n2)c1C(C)C. The van der Waals surface area contributed by atoms with Crippen LogP contribution in [0.25, 0.3) is 0 Å². The van der Waals surface area contributed by atoms with Crippen molar-refractivity contribution < 1.29 is 0 Å². The van der Waals surface area contributed by atoms with E-state index in [0.29, 0.717) is 5.92 Å². The van der Waals surface area contributed by atoms with Crippen LogP contribution in [-0.2, 0) is 0 Å². The second-order valence-electron chi connectivity index (χ2n) is 5.35. The van der Waals surface area contributed by atoms with Gasteiger partial charge in [-0.2, -0.15) is 0 Å². The Balaban J connectivity index is 2.41. The molecule has 0 radical (unpaired) electrons. The van der Waals surface area contributed by atoms with Crippen LogP contribution in [0, 0.1) is 13.8 Å². The molecule has 0 saturated heterocycles. The van der Waals surface area contributed by atoms with Gasteiger partial charge in [0, 0.05) is 17.8 Å². The summed E-state index contributed by atoms with van der Waals surface area (Å²) in [5.74, 6) is 1.28. The topological polar surface area (TPSA) is 50.7 Å². The van der Waals surface area contributed by atoms with Crippen LogP contribution >= 0.6 is 11.8 Å². The number of nitrogens with zero attached hydrogens (tertiary/aromatic N) is 3. The van der Waals surface area contributed by atoms with Crippen molar-refractivity contribution in [3.8, 4) is 0 Å². The second kappa shape index (κ2) is 6.89. The van der Waals surface area contributed by atoms with Crippen molar-refractivity contribution in [3.05, 3.63) is 35.3 Å². The summed E-state index contributed by atoms with van der Waals surface area (Å²) in [6, 6.07) is 4.17. The van der Waals surface area contributed by atoms with Crippen molar-refractivity contribution in [3.63, 3.8) is 0 Å². The maximum absolute atomic E-state index is 4.59. The van der Waals surface area contributed by atoms with Crippen LogP contribution in [0.15, 0.2) is 28.5 Å². The summed E-state index contributed by atoms with van der Waals surface area (Å²) in [6.07, 6.45) is 1.62. The lowest BCUT2D eigenvalue weighted by Gasteiger charge is -2.16. The van der Waals surface area contributed by atoms with Crippen LogP contribution in [0.1, 0.15) is 43.5 Å². The molecule has 2 aromatic rings. The molecule has 2 rings (SSSR count). The molecule has 21 heavy (non-hydrogen) atoms. The minimum atomic E-state index is 0.355. The van der Waals surface area contributed by atoms with Gasteiger partial charge in [0.15, 0.2) is 0 Å². The summed E-state index contributed by atoms with van der Waals surface area (Å²) in [7, 11) is 0. The normalized spacial score (nSPS) is 11.0. The van der Waals surface area contributed by atoms with E-state index in [9.17, 15) is 0 Å². The van der Waals surface area contributed by atoms with Crippen LogP contribution in [0.2, 0.25) is 0 Å². The third kappa shape index (κ3) is 3.94. The molecule has 112 valence electrons. The summed E-state index contributed by atoms with van der Waals surface area (Å²) in [5.41, 5.74) is 3.41. The number of anilines is 1. The largest absolute Gasteiger partial charge is 0.370 e. The third-order valence-electron chi connectivity index (χ3n) is 3.04. The molecule has 1 N–H and O–H groups in total. The fourth-order valence-electron chi connectivity index (χ4n) is 2.25. The minimum absolute atomic E-state index is 0.355. The number of rotatable bonds is 5. The number of aryl methyl sites for hydroxylation is 2. The lowest BCUT2D eigenvalue weighted by atomic mass is 10.1. The zero-order valence-electron chi connectivity index (χ0n) is 13.3. The zero-order valence-corrected chi connectivity index (χ0v) is 14.1. The van der Waals surface area contributed by atoms with Crippen molar-refractivity contribution in [2.24, 2.45) is 0 Å². The molecular weight excluding hydrogens is 280 g/mol. The number of pyridine rings is 1. The molecule has 0 aliphatic carbocycles. The van der Waals surface area contributed by atoms with Crippen molar-refractivity contribution in [1.29, 1.82) is 0 Å². The molecule has 0 amide bonds. The Hall–Kier alpha value is -1.62. The van der Waals surface area contributed by atoms with Gasteiger partial charge in [-0.05, 0) is 56.1 Å². The first kappa shape index (κ1) is 15.8. The van der Waals surface area contributed by atoms with Gasteiger partial charge in [0.05, 0.1) is 0 Å². The lowest BCUT2D eigenvalue weighted by molar-refractivity contribution is 0.802. The highest BCUT2D eigenvalue weighted by Gasteiger charge is 2.16. The van der Waals surface area contributed by atoms with Crippen LogP contribution < -0.4 is 5.32 Å². The summed E-state index contributed by atoms with van der Waals surface area (Å²) >= 11 is 1.61. The summed E-state index contributed by atoms with van der Waals surface area (Å²) in [6.45, 7) is 11.4. The van der Waals surface area contributed by atoms with E-state index in [-0.39, 0.29) is 0 Å². The van der Waals surface area contributed by atoms with Gasteiger partial charge >= 0.3 is 0 Å². The van der Waals surface area contributed by atoms with E-state index >= 15 is 0 Å². The van der Waals surface area contributed by atoms with E-state index in [2.05, 4.69) is 60.1 Å². The van der Waals surface area contributed by atoms with Gasteiger partial charge in [-0.15, -0.1) is 0 Å². The molecule has 4 nitrogen and oxygen atoms in total. The number of hydrogen-bond acceptors (Lipinski definition) is 5. The van der Waals surface area contributed by atoms with Crippen LogP contribution in [0.5, 0.6) is 0 Å². The Kier molecular flexibility index (Phi) is 5.17. The van der Waals surface area contributed by atoms with E-state index < -0.39 is 0 Å². The quantitative estimate of drug-likeness (QED) is 0.839. The van der Waals surface area contributed by atoms with E-state index in [4.69, 9.17) is 0 Å². The molecule has 0 aliphatic rings. The van der Waals surface area contributed by atoms with E-state index in [0.717, 1.165) is 33.7 Å². The molecule has 0 bridgehead atoms. The standard InChI is InChI=1S/C16H22N4S/c1-6-17-15-14(10(2)3)16(19-9-18-15)21-13-8-11(4)7-12(5)20-13/h7-10H,6H2,1-5H3,(H,17,18,19). The van der Waals surface area contributed by atoms with Crippen molar-refractivity contribution >= 4 is 17.6 Å². The summed E-state index contributed by atoms with van der Waals surface area (Å²) in [5, 5.41) is 5.28. The highest BCUT2D eigenvalue weighted by atomic mass is 32.2. The molecule has 0 atom stereocenters. The molecule has 0 spiro atoms. The molecule has 0 saturated carbocycles. The van der Waals surface area contributed by atoms with Gasteiger partial charge in [0.25, 0.3) is 0 Å². The highest BCUT2D eigenvalue weighted by Crippen LogP contribution is 2.34. The molecule has 2 heterocycles. The first-order chi connectivity index (χ1) is 10.0. The maximum Gasteiger partial charge on any atom is 0.133 e. The van der Waals surface area contributed by atoms with Gasteiger partial charge in [0.2, 0.25) is 0 Å². The number of nitrogens with one attached hydrogen (secondary N) is 1. The third-order valence-corrected chi connectivity index (χ3v) is 3.98. The first-order valence-corrected chi connectivity index (χ1v) is 8.04. The zero-order chi connectivity index (χ0) is 15.4. The van der Waals surface area contributed by atoms with E-state index in [1.165, 1.54) is 5.56 Å².